The van der Waals surface area contributed by atoms with Crippen molar-refractivity contribution in [3.8, 4) is 22.3 Å². The molecule has 0 amide bonds. The molecule has 5 rings (SSSR count). The van der Waals surface area contributed by atoms with Crippen LogP contribution in [0.3, 0.4) is 0 Å². The van der Waals surface area contributed by atoms with E-state index in [0.29, 0.717) is 12.2 Å². The van der Waals surface area contributed by atoms with Crippen LogP contribution in [0.1, 0.15) is 22.8 Å². The zero-order valence-electron chi connectivity index (χ0n) is 18.6. The van der Waals surface area contributed by atoms with E-state index in [1.54, 1.807) is 0 Å². The van der Waals surface area contributed by atoms with E-state index in [4.69, 9.17) is 4.74 Å². The van der Waals surface area contributed by atoms with Gasteiger partial charge in [0.05, 0.1) is 17.7 Å². The van der Waals surface area contributed by atoms with E-state index in [2.05, 4.69) is 84.4 Å². The van der Waals surface area contributed by atoms with Crippen molar-refractivity contribution < 1.29 is 9.53 Å². The average Bonchev–Trinajstić information content (AvgIpc) is 3.14. The molecular weight excluding hydrogens is 394 g/mol. The second kappa shape index (κ2) is 8.01. The zero-order valence-corrected chi connectivity index (χ0v) is 18.6. The Hall–Kier alpha value is -3.85. The second-order valence-corrected chi connectivity index (χ2v) is 8.06. The molecule has 0 N–H and O–H groups in total. The molecule has 0 aliphatic rings. The van der Waals surface area contributed by atoms with Crippen molar-refractivity contribution >= 4 is 27.8 Å². The molecule has 3 heteroatoms. The number of hydrogen-bond donors (Lipinski definition) is 0. The summed E-state index contributed by atoms with van der Waals surface area (Å²) in [5.74, 6) is -0.278. The van der Waals surface area contributed by atoms with Crippen molar-refractivity contribution in [3.05, 3.63) is 96.1 Å². The first-order chi connectivity index (χ1) is 15.6. The van der Waals surface area contributed by atoms with E-state index >= 15 is 0 Å². The number of carbonyl (C=O) groups excluding carboxylic acids is 1. The van der Waals surface area contributed by atoms with Crippen molar-refractivity contribution in [3.63, 3.8) is 0 Å². The van der Waals surface area contributed by atoms with Crippen LogP contribution in [0.4, 0.5) is 0 Å². The molecule has 1 heterocycles. The van der Waals surface area contributed by atoms with Crippen LogP contribution >= 0.6 is 0 Å². The summed E-state index contributed by atoms with van der Waals surface area (Å²) < 4.78 is 7.58. The number of ether oxygens (including phenoxy) is 1. The molecule has 0 fully saturated rings. The summed E-state index contributed by atoms with van der Waals surface area (Å²) in [5, 5.41) is 2.35. The molecule has 1 aromatic heterocycles. The molecule has 5 aromatic rings. The number of para-hydroxylation sites is 1. The molecule has 4 aromatic carbocycles. The number of benzene rings is 4. The molecule has 0 saturated carbocycles. The molecule has 0 unspecified atom stereocenters. The molecule has 0 aliphatic heterocycles. The van der Waals surface area contributed by atoms with Crippen LogP contribution < -0.4 is 0 Å². The predicted octanol–water partition coefficient (Wildman–Crippen LogP) is 7.15. The van der Waals surface area contributed by atoms with Crippen LogP contribution in [0.5, 0.6) is 0 Å². The van der Waals surface area contributed by atoms with Gasteiger partial charge in [0.25, 0.3) is 0 Å². The lowest BCUT2D eigenvalue weighted by Gasteiger charge is -2.13. The van der Waals surface area contributed by atoms with Crippen LogP contribution in [0.2, 0.25) is 0 Å². The topological polar surface area (TPSA) is 31.2 Å². The van der Waals surface area contributed by atoms with Gasteiger partial charge in [-0.1, -0.05) is 72.8 Å². The Kier molecular flexibility index (Phi) is 5.02. The van der Waals surface area contributed by atoms with Gasteiger partial charge in [-0.3, -0.25) is 0 Å². The molecule has 0 saturated heterocycles. The lowest BCUT2D eigenvalue weighted by atomic mass is 9.92. The summed E-state index contributed by atoms with van der Waals surface area (Å²) in [5.41, 5.74) is 8.26. The van der Waals surface area contributed by atoms with Crippen molar-refractivity contribution in [1.82, 2.24) is 4.57 Å². The second-order valence-electron chi connectivity index (χ2n) is 8.06. The van der Waals surface area contributed by atoms with Crippen molar-refractivity contribution in [2.75, 3.05) is 6.61 Å². The van der Waals surface area contributed by atoms with E-state index in [-0.39, 0.29) is 5.97 Å². The fourth-order valence-corrected chi connectivity index (χ4v) is 4.68. The number of rotatable bonds is 4. The molecule has 3 nitrogen and oxygen atoms in total. The average molecular weight is 420 g/mol. The third kappa shape index (κ3) is 3.18. The normalized spacial score (nSPS) is 11.2. The summed E-state index contributed by atoms with van der Waals surface area (Å²) in [6, 6.07) is 29.3. The lowest BCUT2D eigenvalue weighted by Crippen LogP contribution is -2.08. The number of aryl methyl sites for hydroxylation is 2. The summed E-state index contributed by atoms with van der Waals surface area (Å²) in [6.07, 6.45) is 0. The standard InChI is InChI=1S/C29H25NO2/c1-4-32-29(31)24-18-25(22-16-14-21(15-17-22)20-10-6-5-7-11-20)27-23-12-8-9-13-26(23)30(3)28(27)19(24)2/h5-18H,4H2,1-3H3. The van der Waals surface area contributed by atoms with Gasteiger partial charge in [0.15, 0.2) is 0 Å². The largest absolute Gasteiger partial charge is 0.462 e. The van der Waals surface area contributed by atoms with Gasteiger partial charge < -0.3 is 9.30 Å². The Morgan fingerprint density at radius 1 is 0.844 bits per heavy atom. The Bertz CT molecular complexity index is 1440. The highest BCUT2D eigenvalue weighted by atomic mass is 16.5. The minimum Gasteiger partial charge on any atom is -0.462 e. The Balaban J connectivity index is 1.79. The van der Waals surface area contributed by atoms with E-state index in [1.165, 1.54) is 21.9 Å². The van der Waals surface area contributed by atoms with Crippen molar-refractivity contribution in [2.24, 2.45) is 7.05 Å². The molecule has 0 bridgehead atoms. The summed E-state index contributed by atoms with van der Waals surface area (Å²) in [6.45, 7) is 4.20. The fourth-order valence-electron chi connectivity index (χ4n) is 4.68. The number of hydrogen-bond acceptors (Lipinski definition) is 2. The Morgan fingerprint density at radius 2 is 1.47 bits per heavy atom. The van der Waals surface area contributed by atoms with Gasteiger partial charge in [-0.2, -0.15) is 0 Å². The first kappa shape index (κ1) is 20.1. The molecule has 0 spiro atoms. The number of fused-ring (bicyclic) bond motifs is 3. The van der Waals surface area contributed by atoms with Gasteiger partial charge in [-0.25, -0.2) is 4.79 Å². The molecule has 158 valence electrons. The number of aromatic nitrogens is 1. The SMILES string of the molecule is CCOC(=O)c1cc(-c2ccc(-c3ccccc3)cc2)c2c3ccccc3n(C)c2c1C. The molecular formula is C29H25NO2. The molecule has 32 heavy (non-hydrogen) atoms. The van der Waals surface area contributed by atoms with Crippen LogP contribution in [0.15, 0.2) is 84.9 Å². The number of nitrogens with zero attached hydrogens (tertiary/aromatic N) is 1. The highest BCUT2D eigenvalue weighted by molar-refractivity contribution is 6.17. The van der Waals surface area contributed by atoms with E-state index < -0.39 is 0 Å². The first-order valence-corrected chi connectivity index (χ1v) is 10.9. The van der Waals surface area contributed by atoms with Crippen LogP contribution in [-0.4, -0.2) is 17.1 Å². The molecule has 0 atom stereocenters. The minimum atomic E-state index is -0.278. The Labute approximate surface area is 187 Å². The fraction of sp³-hybridized carbons (Fsp3) is 0.138. The number of carbonyl (C=O) groups is 1. The van der Waals surface area contributed by atoms with Gasteiger partial charge in [-0.05, 0) is 53.8 Å². The predicted molar refractivity (Wildman–Crippen MR) is 132 cm³/mol. The monoisotopic (exact) mass is 419 g/mol. The lowest BCUT2D eigenvalue weighted by molar-refractivity contribution is 0.0525. The van der Waals surface area contributed by atoms with Crippen molar-refractivity contribution in [2.45, 2.75) is 13.8 Å². The maximum Gasteiger partial charge on any atom is 0.338 e. The van der Waals surface area contributed by atoms with Crippen LogP contribution in [-0.2, 0) is 11.8 Å². The highest BCUT2D eigenvalue weighted by Crippen LogP contribution is 2.40. The van der Waals surface area contributed by atoms with Gasteiger partial charge in [0.2, 0.25) is 0 Å². The smallest absolute Gasteiger partial charge is 0.338 e. The minimum absolute atomic E-state index is 0.278. The maximum absolute atomic E-state index is 12.8. The summed E-state index contributed by atoms with van der Waals surface area (Å²) in [4.78, 5) is 12.8. The third-order valence-electron chi connectivity index (χ3n) is 6.22. The number of esters is 1. The van der Waals surface area contributed by atoms with Crippen LogP contribution in [0.25, 0.3) is 44.1 Å². The van der Waals surface area contributed by atoms with E-state index in [9.17, 15) is 4.79 Å². The highest BCUT2D eigenvalue weighted by Gasteiger charge is 2.21. The maximum atomic E-state index is 12.8. The van der Waals surface area contributed by atoms with Crippen molar-refractivity contribution in [1.29, 1.82) is 0 Å². The third-order valence-corrected chi connectivity index (χ3v) is 6.22. The first-order valence-electron chi connectivity index (χ1n) is 10.9. The van der Waals surface area contributed by atoms with Gasteiger partial charge in [-0.15, -0.1) is 0 Å². The van der Waals surface area contributed by atoms with E-state index in [0.717, 1.165) is 27.7 Å². The summed E-state index contributed by atoms with van der Waals surface area (Å²) >= 11 is 0. The summed E-state index contributed by atoms with van der Waals surface area (Å²) in [7, 11) is 2.06. The zero-order chi connectivity index (χ0) is 22.2. The Morgan fingerprint density at radius 3 is 2.19 bits per heavy atom. The van der Waals surface area contributed by atoms with Gasteiger partial charge in [0, 0.05) is 23.3 Å². The van der Waals surface area contributed by atoms with Gasteiger partial charge in [0.1, 0.15) is 0 Å². The quantitative estimate of drug-likeness (QED) is 0.290. The van der Waals surface area contributed by atoms with Gasteiger partial charge >= 0.3 is 5.97 Å². The van der Waals surface area contributed by atoms with Crippen LogP contribution in [0, 0.1) is 6.92 Å². The molecule has 0 radical (unpaired) electrons. The molecule has 0 aliphatic carbocycles. The van der Waals surface area contributed by atoms with E-state index in [1.807, 2.05) is 26.0 Å².